The zero-order valence-corrected chi connectivity index (χ0v) is 21.2. The number of cyclic esters (lactones) is 1. The first-order valence-electron chi connectivity index (χ1n) is 12.6. The Morgan fingerprint density at radius 3 is 2.69 bits per heavy atom. The average molecular weight is 513 g/mol. The second-order valence-electron chi connectivity index (χ2n) is 9.59. The second-order valence-corrected chi connectivity index (χ2v) is 11.1. The summed E-state index contributed by atoms with van der Waals surface area (Å²) in [4.78, 5) is 44.8. The fourth-order valence-electron chi connectivity index (χ4n) is 5.89. The maximum Gasteiger partial charge on any atom is 0.311 e. The Bertz CT molecular complexity index is 1070. The largest absolute Gasteiger partial charge is 0.497 e. The van der Waals surface area contributed by atoms with E-state index in [1.807, 2.05) is 30.4 Å². The quantitative estimate of drug-likeness (QED) is 0.479. The van der Waals surface area contributed by atoms with E-state index in [1.165, 1.54) is 11.8 Å². The van der Waals surface area contributed by atoms with Gasteiger partial charge in [-0.1, -0.05) is 24.3 Å². The first-order chi connectivity index (χ1) is 17.5. The fraction of sp³-hybridized carbons (Fsp3) is 0.519. The second kappa shape index (κ2) is 10.3. The number of amides is 2. The third-order valence-corrected chi connectivity index (χ3v) is 9.29. The molecule has 4 aliphatic heterocycles. The molecule has 8 nitrogen and oxygen atoms in total. The van der Waals surface area contributed by atoms with Gasteiger partial charge >= 0.3 is 5.97 Å². The summed E-state index contributed by atoms with van der Waals surface area (Å²) in [6, 6.07) is 6.48. The number of aliphatic hydroxyl groups excluding tert-OH is 1. The number of aliphatic hydroxyl groups is 1. The monoisotopic (exact) mass is 512 g/mol. The number of carbonyl (C=O) groups is 3. The minimum Gasteiger partial charge on any atom is -0.497 e. The maximum absolute atomic E-state index is 14.2. The molecule has 1 aromatic carbocycles. The van der Waals surface area contributed by atoms with E-state index in [1.54, 1.807) is 29.0 Å². The lowest BCUT2D eigenvalue weighted by Gasteiger charge is -2.35. The zero-order valence-electron chi connectivity index (χ0n) is 20.4. The molecule has 1 unspecified atom stereocenters. The van der Waals surface area contributed by atoms with Crippen LogP contribution in [-0.4, -0.2) is 77.2 Å². The number of hydrogen-bond acceptors (Lipinski definition) is 7. The first-order valence-corrected chi connectivity index (χ1v) is 13.5. The van der Waals surface area contributed by atoms with Crippen LogP contribution in [0.4, 0.5) is 5.69 Å². The minimum atomic E-state index is -0.891. The highest BCUT2D eigenvalue weighted by molar-refractivity contribution is 8.02. The number of hydrogen-bond donors (Lipinski definition) is 1. The molecule has 0 bridgehead atoms. The SMILES string of the molecule is COc1ccc(N2CC=C[C@]34S[C@@H]5/C=C\CCCCOC(=O)[C@@H]5[C@H]3C(=O)N(CCCO)C4C2=O)cc1. The maximum atomic E-state index is 14.2. The summed E-state index contributed by atoms with van der Waals surface area (Å²) in [6.07, 6.45) is 11.0. The number of esters is 1. The lowest BCUT2D eigenvalue weighted by molar-refractivity contribution is -0.153. The number of ether oxygens (including phenoxy) is 2. The minimum absolute atomic E-state index is 0.0929. The van der Waals surface area contributed by atoms with Gasteiger partial charge in [-0.15, -0.1) is 11.8 Å². The Kier molecular flexibility index (Phi) is 7.12. The van der Waals surface area contributed by atoms with Crippen LogP contribution in [-0.2, 0) is 19.1 Å². The van der Waals surface area contributed by atoms with Gasteiger partial charge < -0.3 is 24.4 Å². The average Bonchev–Trinajstić information content (AvgIpc) is 3.27. The lowest BCUT2D eigenvalue weighted by atomic mass is 9.78. The van der Waals surface area contributed by atoms with Crippen LogP contribution < -0.4 is 9.64 Å². The molecule has 1 spiro atoms. The van der Waals surface area contributed by atoms with E-state index in [4.69, 9.17) is 9.47 Å². The molecular weight excluding hydrogens is 480 g/mol. The molecule has 0 aliphatic carbocycles. The van der Waals surface area contributed by atoms with Crippen LogP contribution in [0.1, 0.15) is 25.7 Å². The van der Waals surface area contributed by atoms with Gasteiger partial charge in [0.15, 0.2) is 0 Å². The molecule has 9 heteroatoms. The van der Waals surface area contributed by atoms with Crippen molar-refractivity contribution in [1.29, 1.82) is 0 Å². The van der Waals surface area contributed by atoms with Gasteiger partial charge in [-0.25, -0.2) is 0 Å². The topological polar surface area (TPSA) is 96.4 Å². The predicted molar refractivity (Wildman–Crippen MR) is 137 cm³/mol. The summed E-state index contributed by atoms with van der Waals surface area (Å²) in [6.45, 7) is 0.849. The molecule has 2 amide bonds. The van der Waals surface area contributed by atoms with Gasteiger partial charge in [0, 0.05) is 30.6 Å². The Balaban J connectivity index is 1.57. The lowest BCUT2D eigenvalue weighted by Crippen LogP contribution is -2.53. The van der Waals surface area contributed by atoms with E-state index < -0.39 is 22.6 Å². The Labute approximate surface area is 215 Å². The van der Waals surface area contributed by atoms with Gasteiger partial charge in [0.25, 0.3) is 5.91 Å². The van der Waals surface area contributed by atoms with Crippen molar-refractivity contribution in [3.8, 4) is 5.75 Å². The number of thioether (sulfide) groups is 1. The number of rotatable bonds is 5. The normalized spacial score (nSPS) is 32.9. The number of anilines is 1. The molecule has 2 saturated heterocycles. The summed E-state index contributed by atoms with van der Waals surface area (Å²) in [7, 11) is 1.59. The van der Waals surface area contributed by atoms with Gasteiger partial charge in [0.1, 0.15) is 11.8 Å². The van der Waals surface area contributed by atoms with Crippen molar-refractivity contribution in [1.82, 2.24) is 4.90 Å². The van der Waals surface area contributed by atoms with Crippen LogP contribution in [0.25, 0.3) is 0 Å². The number of likely N-dealkylation sites (tertiary alicyclic amines) is 1. The van der Waals surface area contributed by atoms with Gasteiger partial charge in [-0.2, -0.15) is 0 Å². The van der Waals surface area contributed by atoms with E-state index in [2.05, 4.69) is 6.08 Å². The van der Waals surface area contributed by atoms with Gasteiger partial charge in [0.2, 0.25) is 5.91 Å². The number of fused-ring (bicyclic) bond motifs is 2. The Morgan fingerprint density at radius 1 is 1.14 bits per heavy atom. The molecule has 2 fully saturated rings. The van der Waals surface area contributed by atoms with Crippen molar-refractivity contribution in [2.45, 2.75) is 41.7 Å². The summed E-state index contributed by atoms with van der Waals surface area (Å²) in [5.41, 5.74) is 0.710. The Morgan fingerprint density at radius 2 is 1.94 bits per heavy atom. The number of nitrogens with zero attached hydrogens (tertiary/aromatic N) is 2. The molecule has 0 radical (unpaired) electrons. The highest BCUT2D eigenvalue weighted by Crippen LogP contribution is 2.60. The molecule has 0 aromatic heterocycles. The zero-order chi connectivity index (χ0) is 25.3. The summed E-state index contributed by atoms with van der Waals surface area (Å²) >= 11 is 1.53. The molecule has 4 aliphatic rings. The molecule has 4 heterocycles. The molecular formula is C27H32N2O6S. The fourth-order valence-corrected chi connectivity index (χ4v) is 7.89. The van der Waals surface area contributed by atoms with E-state index in [9.17, 15) is 19.5 Å². The predicted octanol–water partition coefficient (Wildman–Crippen LogP) is 2.56. The third-order valence-electron chi connectivity index (χ3n) is 7.54. The van der Waals surface area contributed by atoms with E-state index in [0.29, 0.717) is 31.0 Å². The number of allylic oxidation sites excluding steroid dienone is 1. The molecule has 0 saturated carbocycles. The summed E-state index contributed by atoms with van der Waals surface area (Å²) in [5.74, 6) is -1.45. The molecule has 1 N–H and O–H groups in total. The molecule has 192 valence electrons. The van der Waals surface area contributed by atoms with Crippen LogP contribution in [0.15, 0.2) is 48.6 Å². The van der Waals surface area contributed by atoms with Crippen LogP contribution in [0.5, 0.6) is 5.75 Å². The van der Waals surface area contributed by atoms with Crippen LogP contribution in [0.2, 0.25) is 0 Å². The van der Waals surface area contributed by atoms with Crippen molar-refractivity contribution in [3.63, 3.8) is 0 Å². The highest BCUT2D eigenvalue weighted by atomic mass is 32.2. The smallest absolute Gasteiger partial charge is 0.311 e. The van der Waals surface area contributed by atoms with Crippen LogP contribution in [0, 0.1) is 11.8 Å². The van der Waals surface area contributed by atoms with Crippen molar-refractivity contribution >= 4 is 35.2 Å². The Hall–Kier alpha value is -2.78. The standard InChI is InChI=1S/C27H32N2O6S/c1-34-19-11-9-18(10-12-19)28-14-6-13-27-22(24(31)29(15-7-16-30)23(27)25(28)32)21-20(36-27)8-4-2-3-5-17-35-26(21)33/h4,6,8-13,20-23,30H,2-3,5,7,14-17H2,1H3/b8-4-/t20-,21+,22+,23?,27+/m1/s1. The molecule has 5 atom stereocenters. The molecule has 1 aromatic rings. The number of methoxy groups -OCH3 is 1. The van der Waals surface area contributed by atoms with E-state index >= 15 is 0 Å². The van der Waals surface area contributed by atoms with Gasteiger partial charge in [-0.3, -0.25) is 14.4 Å². The van der Waals surface area contributed by atoms with Crippen LogP contribution in [0.3, 0.4) is 0 Å². The van der Waals surface area contributed by atoms with Crippen molar-refractivity contribution in [2.75, 3.05) is 38.3 Å². The third kappa shape index (κ3) is 4.12. The van der Waals surface area contributed by atoms with Crippen molar-refractivity contribution < 1.29 is 29.0 Å². The van der Waals surface area contributed by atoms with Gasteiger partial charge in [-0.05, 0) is 49.9 Å². The number of carbonyl (C=O) groups excluding carboxylic acids is 3. The van der Waals surface area contributed by atoms with E-state index in [-0.39, 0.29) is 36.2 Å². The first kappa shape index (κ1) is 24.9. The van der Waals surface area contributed by atoms with Gasteiger partial charge in [0.05, 0.1) is 30.3 Å². The summed E-state index contributed by atoms with van der Waals surface area (Å²) in [5, 5.41) is 9.27. The molecule has 36 heavy (non-hydrogen) atoms. The summed E-state index contributed by atoms with van der Waals surface area (Å²) < 4.78 is 10.00. The van der Waals surface area contributed by atoms with E-state index in [0.717, 1.165) is 19.3 Å². The molecule has 5 rings (SSSR count). The highest BCUT2D eigenvalue weighted by Gasteiger charge is 2.70. The van der Waals surface area contributed by atoms with Crippen LogP contribution >= 0.6 is 11.8 Å². The number of benzene rings is 1. The van der Waals surface area contributed by atoms with Crippen molar-refractivity contribution in [2.24, 2.45) is 11.8 Å². The van der Waals surface area contributed by atoms with Crippen molar-refractivity contribution in [3.05, 3.63) is 48.6 Å².